The number of esters is 1. The quantitative estimate of drug-likeness (QED) is 0.379. The number of hydrogen-bond acceptors (Lipinski definition) is 5. The molecule has 1 aliphatic heterocycles. The highest BCUT2D eigenvalue weighted by molar-refractivity contribution is 5.85. The molecule has 1 amide bonds. The third-order valence-corrected chi connectivity index (χ3v) is 6.62. The summed E-state index contributed by atoms with van der Waals surface area (Å²) in [5.41, 5.74) is 3.93. The summed E-state index contributed by atoms with van der Waals surface area (Å²) in [5.74, 6) is -0.0159. The molecule has 184 valence electrons. The van der Waals surface area contributed by atoms with Gasteiger partial charge in [0.1, 0.15) is 12.4 Å². The van der Waals surface area contributed by atoms with Crippen molar-refractivity contribution in [3.05, 3.63) is 90.0 Å². The number of nitrogens with zero attached hydrogens (tertiary/aromatic N) is 2. The first-order valence-corrected chi connectivity index (χ1v) is 12.2. The molecule has 0 unspecified atom stereocenters. The van der Waals surface area contributed by atoms with Crippen molar-refractivity contribution >= 4 is 11.9 Å². The van der Waals surface area contributed by atoms with E-state index in [9.17, 15) is 9.59 Å². The average molecular weight is 483 g/mol. The number of aryl methyl sites for hydroxylation is 1. The molecule has 0 aromatic heterocycles. The van der Waals surface area contributed by atoms with Crippen molar-refractivity contribution in [1.29, 1.82) is 5.26 Å². The van der Waals surface area contributed by atoms with Crippen LogP contribution in [0.15, 0.2) is 78.9 Å². The van der Waals surface area contributed by atoms with Crippen molar-refractivity contribution in [2.75, 3.05) is 20.3 Å². The number of carbonyl (C=O) groups is 2. The lowest BCUT2D eigenvalue weighted by atomic mass is 10.0. The molecule has 3 aromatic carbocycles. The van der Waals surface area contributed by atoms with Gasteiger partial charge in [-0.25, -0.2) is 0 Å². The zero-order chi connectivity index (χ0) is 25.3. The van der Waals surface area contributed by atoms with E-state index in [4.69, 9.17) is 14.7 Å². The van der Waals surface area contributed by atoms with Crippen molar-refractivity contribution in [3.8, 4) is 22.9 Å². The number of benzene rings is 3. The number of methoxy groups -OCH3 is 1. The van der Waals surface area contributed by atoms with Crippen molar-refractivity contribution in [1.82, 2.24) is 4.90 Å². The van der Waals surface area contributed by atoms with Crippen molar-refractivity contribution in [2.24, 2.45) is 5.92 Å². The van der Waals surface area contributed by atoms with Gasteiger partial charge in [-0.15, -0.1) is 0 Å². The Bertz CT molecular complexity index is 1200. The van der Waals surface area contributed by atoms with Crippen LogP contribution < -0.4 is 4.74 Å². The zero-order valence-corrected chi connectivity index (χ0v) is 20.4. The summed E-state index contributed by atoms with van der Waals surface area (Å²) < 4.78 is 10.9. The summed E-state index contributed by atoms with van der Waals surface area (Å²) in [6.45, 7) is 0.988. The fourth-order valence-electron chi connectivity index (χ4n) is 4.65. The molecule has 4 rings (SSSR count). The fourth-order valence-corrected chi connectivity index (χ4v) is 4.65. The highest BCUT2D eigenvalue weighted by Crippen LogP contribution is 2.29. The van der Waals surface area contributed by atoms with Crippen LogP contribution >= 0.6 is 0 Å². The van der Waals surface area contributed by atoms with E-state index in [2.05, 4.69) is 18.2 Å². The second-order valence-electron chi connectivity index (χ2n) is 9.01. The average Bonchev–Trinajstić information content (AvgIpc) is 3.22. The van der Waals surface area contributed by atoms with E-state index in [-0.39, 0.29) is 30.3 Å². The molecule has 1 heterocycles. The molecule has 0 N–H and O–H groups in total. The molecule has 0 spiro atoms. The SMILES string of the molecule is COC(=O)C[C@@H]1C[C@@H](COc2ccc(-c3ccc(C#N)cc3)cc2)N(CCCc2ccccc2)C1=O. The van der Waals surface area contributed by atoms with E-state index in [1.165, 1.54) is 12.7 Å². The zero-order valence-electron chi connectivity index (χ0n) is 20.4. The summed E-state index contributed by atoms with van der Waals surface area (Å²) in [6.07, 6.45) is 2.40. The smallest absolute Gasteiger partial charge is 0.306 e. The topological polar surface area (TPSA) is 79.6 Å². The Morgan fingerprint density at radius 2 is 1.67 bits per heavy atom. The monoisotopic (exact) mass is 482 g/mol. The van der Waals surface area contributed by atoms with Crippen LogP contribution in [0.2, 0.25) is 0 Å². The number of ether oxygens (including phenoxy) is 2. The van der Waals surface area contributed by atoms with Gasteiger partial charge in [0.15, 0.2) is 0 Å². The maximum atomic E-state index is 13.1. The minimum Gasteiger partial charge on any atom is -0.491 e. The summed E-state index contributed by atoms with van der Waals surface area (Å²) >= 11 is 0. The molecule has 1 fully saturated rings. The summed E-state index contributed by atoms with van der Waals surface area (Å²) in [6, 6.07) is 27.5. The van der Waals surface area contributed by atoms with E-state index in [1.54, 1.807) is 12.1 Å². The van der Waals surface area contributed by atoms with Crippen molar-refractivity contribution < 1.29 is 19.1 Å². The predicted octanol–water partition coefficient (Wildman–Crippen LogP) is 5.02. The molecule has 1 saturated heterocycles. The van der Waals surface area contributed by atoms with E-state index in [0.29, 0.717) is 25.1 Å². The van der Waals surface area contributed by atoms with Gasteiger partial charge < -0.3 is 14.4 Å². The molecule has 0 bridgehead atoms. The lowest BCUT2D eigenvalue weighted by Gasteiger charge is -2.25. The van der Waals surface area contributed by atoms with Gasteiger partial charge in [-0.3, -0.25) is 9.59 Å². The summed E-state index contributed by atoms with van der Waals surface area (Å²) in [4.78, 5) is 26.8. The molecule has 0 radical (unpaired) electrons. The van der Waals surface area contributed by atoms with Gasteiger partial charge in [0, 0.05) is 6.54 Å². The van der Waals surface area contributed by atoms with Crippen LogP contribution in [0.3, 0.4) is 0 Å². The Labute approximate surface area is 212 Å². The molecular weight excluding hydrogens is 452 g/mol. The number of hydrogen-bond donors (Lipinski definition) is 0. The number of likely N-dealkylation sites (tertiary alicyclic amines) is 1. The minimum atomic E-state index is -0.374. The van der Waals surface area contributed by atoms with Gasteiger partial charge in [0.05, 0.1) is 37.1 Å². The Kier molecular flexibility index (Phi) is 8.36. The molecule has 0 saturated carbocycles. The van der Waals surface area contributed by atoms with Gasteiger partial charge in [-0.05, 0) is 60.2 Å². The van der Waals surface area contributed by atoms with Crippen LogP contribution in [0.1, 0.15) is 30.4 Å². The third-order valence-electron chi connectivity index (χ3n) is 6.62. The maximum Gasteiger partial charge on any atom is 0.306 e. The number of nitriles is 1. The van der Waals surface area contributed by atoms with E-state index >= 15 is 0 Å². The lowest BCUT2D eigenvalue weighted by Crippen LogP contribution is -2.38. The van der Waals surface area contributed by atoms with Crippen LogP contribution in [0, 0.1) is 17.2 Å². The minimum absolute atomic E-state index is 0.00164. The number of rotatable bonds is 10. The van der Waals surface area contributed by atoms with Crippen LogP contribution in [0.4, 0.5) is 0 Å². The van der Waals surface area contributed by atoms with Crippen molar-refractivity contribution in [2.45, 2.75) is 31.7 Å². The molecule has 3 aromatic rings. The van der Waals surface area contributed by atoms with Crippen LogP contribution in [0.5, 0.6) is 5.75 Å². The molecule has 2 atom stereocenters. The largest absolute Gasteiger partial charge is 0.491 e. The second-order valence-corrected chi connectivity index (χ2v) is 9.01. The summed E-state index contributed by atoms with van der Waals surface area (Å²) in [7, 11) is 1.35. The Hall–Kier alpha value is -4.11. The van der Waals surface area contributed by atoms with Crippen LogP contribution in [0.25, 0.3) is 11.1 Å². The van der Waals surface area contributed by atoms with Gasteiger partial charge >= 0.3 is 5.97 Å². The lowest BCUT2D eigenvalue weighted by molar-refractivity contribution is -0.144. The predicted molar refractivity (Wildman–Crippen MR) is 137 cm³/mol. The van der Waals surface area contributed by atoms with Gasteiger partial charge in [0.2, 0.25) is 5.91 Å². The standard InChI is InChI=1S/C30H30N2O4/c1-35-29(33)19-26-18-27(32(30(26)34)17-5-8-22-6-3-2-4-7-22)21-36-28-15-13-25(14-16-28)24-11-9-23(20-31)10-12-24/h2-4,6-7,9-16,26-27H,5,8,17-19,21H2,1H3/t26-,27-/m0/s1. The van der Waals surface area contributed by atoms with Crippen LogP contribution in [-0.2, 0) is 20.7 Å². The Morgan fingerprint density at radius 3 is 2.31 bits per heavy atom. The van der Waals surface area contributed by atoms with E-state index in [0.717, 1.165) is 29.7 Å². The third kappa shape index (κ3) is 6.31. The van der Waals surface area contributed by atoms with Gasteiger partial charge in [0.25, 0.3) is 0 Å². The first-order valence-electron chi connectivity index (χ1n) is 12.2. The summed E-state index contributed by atoms with van der Waals surface area (Å²) in [5, 5.41) is 8.98. The van der Waals surface area contributed by atoms with Crippen LogP contribution in [-0.4, -0.2) is 43.1 Å². The highest BCUT2D eigenvalue weighted by Gasteiger charge is 2.40. The second kappa shape index (κ2) is 12.0. The highest BCUT2D eigenvalue weighted by atomic mass is 16.5. The number of amides is 1. The molecule has 6 heteroatoms. The molecule has 6 nitrogen and oxygen atoms in total. The number of carbonyl (C=O) groups excluding carboxylic acids is 2. The van der Waals surface area contributed by atoms with E-state index < -0.39 is 0 Å². The Morgan fingerprint density at radius 1 is 1.00 bits per heavy atom. The molecular formula is C30H30N2O4. The molecule has 1 aliphatic rings. The Balaban J connectivity index is 1.38. The van der Waals surface area contributed by atoms with Gasteiger partial charge in [-0.1, -0.05) is 54.6 Å². The first-order chi connectivity index (χ1) is 17.6. The first kappa shape index (κ1) is 25.0. The van der Waals surface area contributed by atoms with E-state index in [1.807, 2.05) is 59.5 Å². The molecule has 36 heavy (non-hydrogen) atoms. The fraction of sp³-hybridized carbons (Fsp3) is 0.300. The van der Waals surface area contributed by atoms with Gasteiger partial charge in [-0.2, -0.15) is 5.26 Å². The van der Waals surface area contributed by atoms with Crippen molar-refractivity contribution in [3.63, 3.8) is 0 Å². The normalized spacial score (nSPS) is 17.0. The maximum absolute atomic E-state index is 13.1. The molecule has 0 aliphatic carbocycles.